The normalized spacial score (nSPS) is 10.4. The predicted octanol–water partition coefficient (Wildman–Crippen LogP) is 2.01. The van der Waals surface area contributed by atoms with Crippen LogP contribution in [0, 0.1) is 5.92 Å². The van der Waals surface area contributed by atoms with Gasteiger partial charge in [0.25, 0.3) is 5.91 Å². The van der Waals surface area contributed by atoms with Gasteiger partial charge in [-0.15, -0.1) is 0 Å². The van der Waals surface area contributed by atoms with Crippen LogP contribution < -0.4 is 16.4 Å². The third-order valence-electron chi connectivity index (χ3n) is 2.67. The Morgan fingerprint density at radius 1 is 1.35 bits per heavy atom. The van der Waals surface area contributed by atoms with E-state index in [4.69, 9.17) is 17.3 Å². The second-order valence-corrected chi connectivity index (χ2v) is 5.14. The number of hydrogen-bond acceptors (Lipinski definition) is 3. The summed E-state index contributed by atoms with van der Waals surface area (Å²) in [5, 5.41) is 5.81. The van der Waals surface area contributed by atoms with Crippen molar-refractivity contribution in [2.75, 3.05) is 18.4 Å². The summed E-state index contributed by atoms with van der Waals surface area (Å²) in [6.45, 7) is 4.60. The Bertz CT molecular complexity index is 489. The minimum absolute atomic E-state index is 0.109. The van der Waals surface area contributed by atoms with Gasteiger partial charge >= 0.3 is 0 Å². The molecule has 5 nitrogen and oxygen atoms in total. The van der Waals surface area contributed by atoms with E-state index in [1.807, 2.05) is 0 Å². The first-order chi connectivity index (χ1) is 9.45. The Balaban J connectivity index is 2.80. The van der Waals surface area contributed by atoms with Gasteiger partial charge in [0.1, 0.15) is 0 Å². The van der Waals surface area contributed by atoms with Crippen molar-refractivity contribution in [1.82, 2.24) is 5.32 Å². The molecular weight excluding hydrogens is 278 g/mol. The molecule has 1 aromatic carbocycles. The van der Waals surface area contributed by atoms with Crippen molar-refractivity contribution in [3.8, 4) is 0 Å². The number of carbonyl (C=O) groups is 2. The van der Waals surface area contributed by atoms with E-state index in [-0.39, 0.29) is 17.7 Å². The van der Waals surface area contributed by atoms with Crippen molar-refractivity contribution in [1.29, 1.82) is 0 Å². The third kappa shape index (κ3) is 4.83. The third-order valence-corrected chi connectivity index (χ3v) is 3.00. The molecule has 1 aromatic rings. The lowest BCUT2D eigenvalue weighted by Gasteiger charge is -2.11. The summed E-state index contributed by atoms with van der Waals surface area (Å²) in [5.74, 6) is -0.515. The number of hydrogen-bond donors (Lipinski definition) is 3. The molecule has 0 saturated heterocycles. The van der Waals surface area contributed by atoms with Crippen LogP contribution in [0.3, 0.4) is 0 Å². The van der Waals surface area contributed by atoms with E-state index >= 15 is 0 Å². The Kier molecular flexibility index (Phi) is 6.48. The first-order valence-electron chi connectivity index (χ1n) is 6.54. The molecule has 6 heteroatoms. The summed E-state index contributed by atoms with van der Waals surface area (Å²) in [5.41, 5.74) is 6.26. The lowest BCUT2D eigenvalue weighted by Crippen LogP contribution is -2.26. The monoisotopic (exact) mass is 297 g/mol. The number of amides is 2. The maximum absolute atomic E-state index is 12.0. The van der Waals surface area contributed by atoms with Crippen molar-refractivity contribution in [2.45, 2.75) is 20.3 Å². The van der Waals surface area contributed by atoms with E-state index < -0.39 is 0 Å². The highest BCUT2D eigenvalue weighted by Crippen LogP contribution is 2.21. The van der Waals surface area contributed by atoms with Gasteiger partial charge in [-0.1, -0.05) is 25.4 Å². The van der Waals surface area contributed by atoms with Gasteiger partial charge in [0.05, 0.1) is 10.6 Å². The highest BCUT2D eigenvalue weighted by Gasteiger charge is 2.13. The van der Waals surface area contributed by atoms with Crippen LogP contribution >= 0.6 is 11.6 Å². The number of halogens is 1. The fourth-order valence-electron chi connectivity index (χ4n) is 1.46. The fraction of sp³-hybridized carbons (Fsp3) is 0.429. The summed E-state index contributed by atoms with van der Waals surface area (Å²) in [6.07, 6.45) is 0.702. The van der Waals surface area contributed by atoms with Gasteiger partial charge in [0.15, 0.2) is 0 Å². The smallest absolute Gasteiger partial charge is 0.252 e. The van der Waals surface area contributed by atoms with Crippen molar-refractivity contribution >= 4 is 29.1 Å². The van der Waals surface area contributed by atoms with Crippen molar-refractivity contribution in [3.63, 3.8) is 0 Å². The Labute approximate surface area is 123 Å². The van der Waals surface area contributed by atoms with Crippen LogP contribution in [0.5, 0.6) is 0 Å². The Morgan fingerprint density at radius 3 is 2.65 bits per heavy atom. The fourth-order valence-corrected chi connectivity index (χ4v) is 1.67. The van der Waals surface area contributed by atoms with E-state index in [1.165, 1.54) is 0 Å². The van der Waals surface area contributed by atoms with Crippen LogP contribution in [0.25, 0.3) is 0 Å². The van der Waals surface area contributed by atoms with E-state index in [2.05, 4.69) is 10.6 Å². The van der Waals surface area contributed by atoms with Gasteiger partial charge in [0, 0.05) is 18.2 Å². The molecule has 20 heavy (non-hydrogen) atoms. The molecule has 0 fully saturated rings. The Morgan fingerprint density at radius 2 is 2.05 bits per heavy atom. The Hall–Kier alpha value is -1.59. The highest BCUT2D eigenvalue weighted by atomic mass is 35.5. The minimum Gasteiger partial charge on any atom is -0.352 e. The second kappa shape index (κ2) is 7.87. The molecule has 110 valence electrons. The minimum atomic E-state index is -0.274. The predicted molar refractivity (Wildman–Crippen MR) is 80.9 cm³/mol. The lowest BCUT2D eigenvalue weighted by molar-refractivity contribution is -0.118. The summed E-state index contributed by atoms with van der Waals surface area (Å²) in [4.78, 5) is 23.6. The molecule has 0 spiro atoms. The van der Waals surface area contributed by atoms with Gasteiger partial charge in [-0.25, -0.2) is 0 Å². The molecule has 4 N–H and O–H groups in total. The number of benzene rings is 1. The van der Waals surface area contributed by atoms with E-state index in [0.717, 1.165) is 0 Å². The van der Waals surface area contributed by atoms with Crippen LogP contribution in [0.2, 0.25) is 5.02 Å². The molecule has 1 rings (SSSR count). The standard InChI is InChI=1S/C14H20ClN3O2/c1-9(2)13(19)18-10-4-5-12(15)11(8-10)14(20)17-7-3-6-16/h4-5,8-9H,3,6-7,16H2,1-2H3,(H,17,20)(H,18,19). The average Bonchev–Trinajstić information content (AvgIpc) is 2.40. The molecule has 0 saturated carbocycles. The van der Waals surface area contributed by atoms with Gasteiger partial charge in [-0.3, -0.25) is 9.59 Å². The summed E-state index contributed by atoms with van der Waals surface area (Å²) < 4.78 is 0. The van der Waals surface area contributed by atoms with Crippen LogP contribution in [0.4, 0.5) is 5.69 Å². The number of rotatable bonds is 6. The maximum Gasteiger partial charge on any atom is 0.252 e. The number of anilines is 1. The van der Waals surface area contributed by atoms with Gasteiger partial charge < -0.3 is 16.4 Å². The number of nitrogens with two attached hydrogens (primary N) is 1. The average molecular weight is 298 g/mol. The molecule has 0 bridgehead atoms. The molecule has 0 aliphatic rings. The van der Waals surface area contributed by atoms with Crippen LogP contribution in [0.1, 0.15) is 30.6 Å². The van der Waals surface area contributed by atoms with Gasteiger partial charge in [-0.05, 0) is 31.2 Å². The molecule has 0 unspecified atom stereocenters. The highest BCUT2D eigenvalue weighted by molar-refractivity contribution is 6.34. The molecule has 0 atom stereocenters. The van der Waals surface area contributed by atoms with E-state index in [0.29, 0.717) is 35.8 Å². The molecule has 2 amide bonds. The summed E-state index contributed by atoms with van der Waals surface area (Å²) >= 11 is 6.00. The molecule has 0 aromatic heterocycles. The van der Waals surface area contributed by atoms with Crippen LogP contribution in [-0.2, 0) is 4.79 Å². The molecule has 0 aliphatic heterocycles. The van der Waals surface area contributed by atoms with Gasteiger partial charge in [-0.2, -0.15) is 0 Å². The quantitative estimate of drug-likeness (QED) is 0.702. The zero-order valence-corrected chi connectivity index (χ0v) is 12.5. The molecule has 0 radical (unpaired) electrons. The molecular formula is C14H20ClN3O2. The van der Waals surface area contributed by atoms with Crippen molar-refractivity contribution < 1.29 is 9.59 Å². The van der Waals surface area contributed by atoms with Crippen LogP contribution in [-0.4, -0.2) is 24.9 Å². The molecule has 0 aliphatic carbocycles. The summed E-state index contributed by atoms with van der Waals surface area (Å²) in [7, 11) is 0. The van der Waals surface area contributed by atoms with E-state index in [9.17, 15) is 9.59 Å². The first kappa shape index (κ1) is 16.5. The second-order valence-electron chi connectivity index (χ2n) is 4.74. The van der Waals surface area contributed by atoms with Crippen molar-refractivity contribution in [2.24, 2.45) is 11.7 Å². The first-order valence-corrected chi connectivity index (χ1v) is 6.92. The topological polar surface area (TPSA) is 84.2 Å². The number of nitrogens with one attached hydrogen (secondary N) is 2. The van der Waals surface area contributed by atoms with Gasteiger partial charge in [0.2, 0.25) is 5.91 Å². The molecule has 0 heterocycles. The lowest BCUT2D eigenvalue weighted by atomic mass is 10.1. The largest absolute Gasteiger partial charge is 0.352 e. The summed E-state index contributed by atoms with van der Waals surface area (Å²) in [6, 6.07) is 4.83. The zero-order valence-electron chi connectivity index (χ0n) is 11.7. The van der Waals surface area contributed by atoms with Crippen LogP contribution in [0.15, 0.2) is 18.2 Å². The van der Waals surface area contributed by atoms with E-state index in [1.54, 1.807) is 32.0 Å². The maximum atomic E-state index is 12.0. The number of carbonyl (C=O) groups excluding carboxylic acids is 2. The SMILES string of the molecule is CC(C)C(=O)Nc1ccc(Cl)c(C(=O)NCCCN)c1. The van der Waals surface area contributed by atoms with Crippen molar-refractivity contribution in [3.05, 3.63) is 28.8 Å². The zero-order chi connectivity index (χ0) is 15.1.